The Bertz CT molecular complexity index is 1070. The average Bonchev–Trinajstić information content (AvgIpc) is 3.20. The molecule has 3 heterocycles. The molecule has 1 N–H and O–H groups in total. The highest BCUT2D eigenvalue weighted by Crippen LogP contribution is 2.26. The maximum absolute atomic E-state index is 14.1. The number of fused-ring (bicyclic) bond motifs is 1. The van der Waals surface area contributed by atoms with Gasteiger partial charge in [-0.15, -0.1) is 0 Å². The number of hydrazone groups is 1. The van der Waals surface area contributed by atoms with E-state index in [1.807, 2.05) is 5.01 Å². The Labute approximate surface area is 174 Å². The van der Waals surface area contributed by atoms with Crippen LogP contribution in [0.4, 0.5) is 14.5 Å². The largest absolute Gasteiger partial charge is 0.372 e. The minimum Gasteiger partial charge on any atom is -0.372 e. The van der Waals surface area contributed by atoms with E-state index in [2.05, 4.69) is 44.2 Å². The summed E-state index contributed by atoms with van der Waals surface area (Å²) in [7, 11) is 0. The number of anilines is 1. The van der Waals surface area contributed by atoms with Gasteiger partial charge in [0.25, 0.3) is 0 Å². The standard InChI is InChI=1S/C23H23F2N5/c24-19-6-4-5-18(22(19)25)23-27-20-13-26-30(15-21(20)28-23)14-16-7-9-17(10-8-16)29-11-2-1-3-12-29/h4-10,13H,1-3,11-12,14-15H2,(H,27,28). The van der Waals surface area contributed by atoms with Crippen LogP contribution in [0, 0.1) is 11.6 Å². The van der Waals surface area contributed by atoms with Gasteiger partial charge in [0.15, 0.2) is 11.6 Å². The number of rotatable bonds is 4. The minimum absolute atomic E-state index is 0.123. The Morgan fingerprint density at radius 1 is 0.967 bits per heavy atom. The molecule has 5 rings (SSSR count). The van der Waals surface area contributed by atoms with Crippen molar-refractivity contribution in [3.63, 3.8) is 0 Å². The zero-order valence-electron chi connectivity index (χ0n) is 16.6. The summed E-state index contributed by atoms with van der Waals surface area (Å²) in [5.74, 6) is -1.47. The van der Waals surface area contributed by atoms with E-state index in [9.17, 15) is 8.78 Å². The number of hydrogen-bond donors (Lipinski definition) is 1. The quantitative estimate of drug-likeness (QED) is 0.682. The Morgan fingerprint density at radius 2 is 1.77 bits per heavy atom. The molecule has 2 aromatic carbocycles. The van der Waals surface area contributed by atoms with Gasteiger partial charge in [-0.2, -0.15) is 5.10 Å². The summed E-state index contributed by atoms with van der Waals surface area (Å²) < 4.78 is 27.6. The number of H-pyrrole nitrogens is 1. The van der Waals surface area contributed by atoms with E-state index in [0.29, 0.717) is 24.6 Å². The van der Waals surface area contributed by atoms with Crippen LogP contribution in [0.15, 0.2) is 47.6 Å². The highest BCUT2D eigenvalue weighted by molar-refractivity contribution is 5.80. The van der Waals surface area contributed by atoms with Crippen LogP contribution in [0.5, 0.6) is 0 Å². The second-order valence-corrected chi connectivity index (χ2v) is 7.83. The van der Waals surface area contributed by atoms with Gasteiger partial charge in [-0.25, -0.2) is 13.8 Å². The first kappa shape index (κ1) is 18.8. The first-order valence-electron chi connectivity index (χ1n) is 10.3. The number of imidazole rings is 1. The predicted octanol–water partition coefficient (Wildman–Crippen LogP) is 4.69. The third-order valence-corrected chi connectivity index (χ3v) is 5.72. The third-order valence-electron chi connectivity index (χ3n) is 5.72. The van der Waals surface area contributed by atoms with Crippen molar-refractivity contribution in [2.24, 2.45) is 5.10 Å². The SMILES string of the molecule is Fc1cccc(-c2nc3c([nH]2)CN(Cc2ccc(N4CCCCC4)cc2)N=C3)c1F. The lowest BCUT2D eigenvalue weighted by Crippen LogP contribution is -2.29. The van der Waals surface area contributed by atoms with Gasteiger partial charge in [0, 0.05) is 18.8 Å². The fraction of sp³-hybridized carbons (Fsp3) is 0.304. The number of halogens is 2. The molecular formula is C23H23F2N5. The van der Waals surface area contributed by atoms with Crippen LogP contribution < -0.4 is 4.90 Å². The highest BCUT2D eigenvalue weighted by Gasteiger charge is 2.20. The summed E-state index contributed by atoms with van der Waals surface area (Å²) in [5, 5.41) is 6.41. The number of piperidine rings is 1. The van der Waals surface area contributed by atoms with Crippen LogP contribution in [0.3, 0.4) is 0 Å². The van der Waals surface area contributed by atoms with Crippen LogP contribution in [-0.2, 0) is 13.1 Å². The van der Waals surface area contributed by atoms with E-state index >= 15 is 0 Å². The average molecular weight is 407 g/mol. The Morgan fingerprint density at radius 3 is 2.57 bits per heavy atom. The fourth-order valence-electron chi connectivity index (χ4n) is 4.10. The molecule has 2 aliphatic rings. The zero-order valence-corrected chi connectivity index (χ0v) is 16.6. The van der Waals surface area contributed by atoms with Crippen molar-refractivity contribution in [1.29, 1.82) is 0 Å². The molecule has 3 aromatic rings. The van der Waals surface area contributed by atoms with Crippen molar-refractivity contribution in [3.8, 4) is 11.4 Å². The van der Waals surface area contributed by atoms with Gasteiger partial charge in [-0.1, -0.05) is 18.2 Å². The number of aromatic amines is 1. The van der Waals surface area contributed by atoms with Gasteiger partial charge in [-0.05, 0) is 49.1 Å². The Kier molecular flexibility index (Phi) is 4.94. The minimum atomic E-state index is -0.897. The second-order valence-electron chi connectivity index (χ2n) is 7.83. The lowest BCUT2D eigenvalue weighted by molar-refractivity contribution is 0.265. The van der Waals surface area contributed by atoms with E-state index in [4.69, 9.17) is 0 Å². The molecule has 1 aromatic heterocycles. The third kappa shape index (κ3) is 3.67. The smallest absolute Gasteiger partial charge is 0.169 e. The number of aromatic nitrogens is 2. The monoisotopic (exact) mass is 407 g/mol. The molecule has 5 nitrogen and oxygen atoms in total. The molecule has 1 saturated heterocycles. The van der Waals surface area contributed by atoms with Crippen LogP contribution in [0.1, 0.15) is 36.2 Å². The molecule has 0 spiro atoms. The highest BCUT2D eigenvalue weighted by atomic mass is 19.2. The number of benzene rings is 2. The van der Waals surface area contributed by atoms with E-state index in [1.165, 1.54) is 42.6 Å². The van der Waals surface area contributed by atoms with E-state index in [0.717, 1.165) is 24.8 Å². The number of nitrogens with zero attached hydrogens (tertiary/aromatic N) is 4. The van der Waals surface area contributed by atoms with Gasteiger partial charge in [0.2, 0.25) is 0 Å². The first-order valence-corrected chi connectivity index (χ1v) is 10.3. The Balaban J connectivity index is 1.28. The van der Waals surface area contributed by atoms with Crippen LogP contribution >= 0.6 is 0 Å². The molecule has 2 aliphatic heterocycles. The maximum Gasteiger partial charge on any atom is 0.169 e. The lowest BCUT2D eigenvalue weighted by Gasteiger charge is -2.29. The van der Waals surface area contributed by atoms with Crippen LogP contribution in [0.2, 0.25) is 0 Å². The molecule has 0 unspecified atom stereocenters. The molecule has 0 amide bonds. The number of nitrogens with one attached hydrogen (secondary N) is 1. The van der Waals surface area contributed by atoms with Crippen molar-refractivity contribution in [2.75, 3.05) is 18.0 Å². The summed E-state index contributed by atoms with van der Waals surface area (Å²) in [4.78, 5) is 9.95. The molecule has 0 bridgehead atoms. The van der Waals surface area contributed by atoms with E-state index in [1.54, 1.807) is 6.21 Å². The zero-order chi connectivity index (χ0) is 20.5. The van der Waals surface area contributed by atoms with Crippen molar-refractivity contribution in [2.45, 2.75) is 32.4 Å². The molecule has 1 fully saturated rings. The van der Waals surface area contributed by atoms with Crippen LogP contribution in [0.25, 0.3) is 11.4 Å². The van der Waals surface area contributed by atoms with Crippen LogP contribution in [-0.4, -0.2) is 34.3 Å². The summed E-state index contributed by atoms with van der Waals surface area (Å²) in [6.07, 6.45) is 5.51. The molecule has 0 aliphatic carbocycles. The second kappa shape index (κ2) is 7.89. The van der Waals surface area contributed by atoms with Gasteiger partial charge < -0.3 is 9.88 Å². The van der Waals surface area contributed by atoms with Crippen molar-refractivity contribution < 1.29 is 8.78 Å². The van der Waals surface area contributed by atoms with Gasteiger partial charge >= 0.3 is 0 Å². The first-order chi connectivity index (χ1) is 14.7. The van der Waals surface area contributed by atoms with E-state index < -0.39 is 11.6 Å². The van der Waals surface area contributed by atoms with Gasteiger partial charge in [0.05, 0.1) is 30.6 Å². The molecule has 0 radical (unpaired) electrons. The summed E-state index contributed by atoms with van der Waals surface area (Å²) in [5.41, 5.74) is 4.07. The summed E-state index contributed by atoms with van der Waals surface area (Å²) in [6, 6.07) is 12.7. The lowest BCUT2D eigenvalue weighted by atomic mass is 10.1. The van der Waals surface area contributed by atoms with Crippen molar-refractivity contribution in [3.05, 3.63) is 71.1 Å². The van der Waals surface area contributed by atoms with Gasteiger partial charge in [0.1, 0.15) is 11.5 Å². The summed E-state index contributed by atoms with van der Waals surface area (Å²) >= 11 is 0. The molecule has 154 valence electrons. The fourth-order valence-corrected chi connectivity index (χ4v) is 4.10. The molecule has 0 saturated carbocycles. The van der Waals surface area contributed by atoms with Crippen molar-refractivity contribution >= 4 is 11.9 Å². The van der Waals surface area contributed by atoms with Crippen molar-refractivity contribution in [1.82, 2.24) is 15.0 Å². The Hall–Kier alpha value is -3.22. The maximum atomic E-state index is 14.1. The molecule has 0 atom stereocenters. The predicted molar refractivity (Wildman–Crippen MR) is 113 cm³/mol. The summed E-state index contributed by atoms with van der Waals surface area (Å²) in [6.45, 7) is 3.46. The topological polar surface area (TPSA) is 47.5 Å². The number of hydrogen-bond acceptors (Lipinski definition) is 4. The van der Waals surface area contributed by atoms with E-state index in [-0.39, 0.29) is 5.56 Å². The molecule has 30 heavy (non-hydrogen) atoms. The molecular weight excluding hydrogens is 384 g/mol. The van der Waals surface area contributed by atoms with Gasteiger partial charge in [-0.3, -0.25) is 5.01 Å². The normalized spacial score (nSPS) is 16.1. The molecule has 7 heteroatoms.